The zero-order valence-electron chi connectivity index (χ0n) is 13.8. The van der Waals surface area contributed by atoms with Gasteiger partial charge in [0.1, 0.15) is 19.0 Å². The molecule has 4 rings (SSSR count). The number of hydrogen-bond donors (Lipinski definition) is 0. The molecule has 0 atom stereocenters. The largest absolute Gasteiger partial charge is 0.493 e. The molecule has 0 radical (unpaired) electrons. The van der Waals surface area contributed by atoms with Crippen LogP contribution in [0, 0.1) is 5.82 Å². The van der Waals surface area contributed by atoms with Crippen LogP contribution in [0.2, 0.25) is 0 Å². The monoisotopic (exact) mass is 355 g/mol. The summed E-state index contributed by atoms with van der Waals surface area (Å²) in [6.45, 7) is 0.861. The van der Waals surface area contributed by atoms with E-state index in [9.17, 15) is 9.18 Å². The Morgan fingerprint density at radius 2 is 2.00 bits per heavy atom. The summed E-state index contributed by atoms with van der Waals surface area (Å²) in [6, 6.07) is 9.38. The van der Waals surface area contributed by atoms with Crippen molar-refractivity contribution in [2.45, 2.75) is 0 Å². The number of carbonyl (C=O) groups excluding carboxylic acids is 1. The summed E-state index contributed by atoms with van der Waals surface area (Å²) in [4.78, 5) is 16.2. The van der Waals surface area contributed by atoms with Crippen molar-refractivity contribution >= 4 is 17.9 Å². The quantitative estimate of drug-likeness (QED) is 0.626. The Morgan fingerprint density at radius 3 is 2.81 bits per heavy atom. The highest BCUT2D eigenvalue weighted by molar-refractivity contribution is 6.13. The maximum Gasteiger partial charge on any atom is 0.363 e. The summed E-state index contributed by atoms with van der Waals surface area (Å²) < 4.78 is 35.4. The Morgan fingerprint density at radius 1 is 1.19 bits per heavy atom. The highest BCUT2D eigenvalue weighted by Gasteiger charge is 2.26. The molecule has 0 aliphatic carbocycles. The van der Waals surface area contributed by atoms with Crippen molar-refractivity contribution in [2.75, 3.05) is 20.3 Å². The lowest BCUT2D eigenvalue weighted by Gasteiger charge is -2.20. The molecule has 6 nitrogen and oxygen atoms in total. The molecule has 26 heavy (non-hydrogen) atoms. The van der Waals surface area contributed by atoms with Gasteiger partial charge in [-0.1, -0.05) is 12.1 Å². The van der Waals surface area contributed by atoms with Gasteiger partial charge in [0, 0.05) is 0 Å². The number of ether oxygens (including phenoxy) is 4. The Hall–Kier alpha value is -3.35. The van der Waals surface area contributed by atoms with Gasteiger partial charge < -0.3 is 18.9 Å². The molecule has 2 aliphatic heterocycles. The first-order chi connectivity index (χ1) is 12.7. The SMILES string of the molecule is COc1cc(/C=C2\N=C(c3ccccc3F)OC2=O)cc2c1OCCO2. The van der Waals surface area contributed by atoms with E-state index >= 15 is 0 Å². The number of aliphatic imine (C=N–C) groups is 1. The molecule has 2 aliphatic rings. The normalized spacial score (nSPS) is 17.1. The van der Waals surface area contributed by atoms with E-state index in [4.69, 9.17) is 18.9 Å². The molecule has 2 aromatic carbocycles. The van der Waals surface area contributed by atoms with E-state index in [1.54, 1.807) is 24.3 Å². The molecule has 0 saturated carbocycles. The number of esters is 1. The predicted molar refractivity (Wildman–Crippen MR) is 91.0 cm³/mol. The fraction of sp³-hybridized carbons (Fsp3) is 0.158. The molecule has 2 aromatic rings. The minimum Gasteiger partial charge on any atom is -0.493 e. The van der Waals surface area contributed by atoms with Crippen LogP contribution in [0.3, 0.4) is 0 Å². The van der Waals surface area contributed by atoms with Gasteiger partial charge in [-0.25, -0.2) is 14.2 Å². The van der Waals surface area contributed by atoms with E-state index < -0.39 is 11.8 Å². The van der Waals surface area contributed by atoms with Gasteiger partial charge in [0.2, 0.25) is 11.6 Å². The van der Waals surface area contributed by atoms with Crippen LogP contribution in [-0.2, 0) is 9.53 Å². The topological polar surface area (TPSA) is 66.4 Å². The maximum atomic E-state index is 13.9. The summed E-state index contributed by atoms with van der Waals surface area (Å²) in [5.74, 6) is 0.290. The number of nitrogens with zero attached hydrogens (tertiary/aromatic N) is 1. The van der Waals surface area contributed by atoms with Crippen LogP contribution >= 0.6 is 0 Å². The maximum absolute atomic E-state index is 13.9. The van der Waals surface area contributed by atoms with Gasteiger partial charge in [0.15, 0.2) is 17.2 Å². The molecule has 132 valence electrons. The van der Waals surface area contributed by atoms with Crippen molar-refractivity contribution in [1.82, 2.24) is 0 Å². The Balaban J connectivity index is 1.72. The van der Waals surface area contributed by atoms with Crippen LogP contribution in [0.4, 0.5) is 4.39 Å². The lowest BCUT2D eigenvalue weighted by Crippen LogP contribution is -2.16. The first-order valence-electron chi connectivity index (χ1n) is 7.91. The Labute approximate surface area is 148 Å². The molecule has 0 bridgehead atoms. The third-order valence-corrected chi connectivity index (χ3v) is 3.88. The molecule has 0 spiro atoms. The lowest BCUT2D eigenvalue weighted by atomic mass is 10.1. The highest BCUT2D eigenvalue weighted by Crippen LogP contribution is 2.41. The van der Waals surface area contributed by atoms with Crippen LogP contribution in [0.5, 0.6) is 17.2 Å². The molecule has 0 aromatic heterocycles. The molecule has 0 saturated heterocycles. The van der Waals surface area contributed by atoms with Gasteiger partial charge in [-0.3, -0.25) is 0 Å². The van der Waals surface area contributed by atoms with Gasteiger partial charge in [-0.15, -0.1) is 0 Å². The molecular weight excluding hydrogens is 341 g/mol. The Bertz CT molecular complexity index is 934. The number of carbonyl (C=O) groups is 1. The third-order valence-electron chi connectivity index (χ3n) is 3.88. The number of rotatable bonds is 3. The lowest BCUT2D eigenvalue weighted by molar-refractivity contribution is -0.129. The predicted octanol–water partition coefficient (Wildman–Crippen LogP) is 2.95. The van der Waals surface area contributed by atoms with Crippen molar-refractivity contribution in [3.05, 3.63) is 59.0 Å². The number of benzene rings is 2. The molecule has 0 fully saturated rings. The van der Waals surface area contributed by atoms with Crippen LogP contribution in [0.15, 0.2) is 47.1 Å². The zero-order valence-corrected chi connectivity index (χ0v) is 13.8. The number of cyclic esters (lactones) is 1. The van der Waals surface area contributed by atoms with Crippen molar-refractivity contribution < 1.29 is 28.1 Å². The standard InChI is InChI=1S/C19H14FNO5/c1-23-15-9-11(10-16-17(15)25-7-6-24-16)8-14-19(22)26-18(21-14)12-4-2-3-5-13(12)20/h2-5,8-10H,6-7H2,1H3/b14-8-. The van der Waals surface area contributed by atoms with E-state index in [0.29, 0.717) is 36.0 Å². The van der Waals surface area contributed by atoms with Gasteiger partial charge in [0.05, 0.1) is 12.7 Å². The van der Waals surface area contributed by atoms with Crippen molar-refractivity contribution in [1.29, 1.82) is 0 Å². The van der Waals surface area contributed by atoms with Gasteiger partial charge in [-0.2, -0.15) is 0 Å². The van der Waals surface area contributed by atoms with E-state index in [0.717, 1.165) is 0 Å². The fourth-order valence-corrected chi connectivity index (χ4v) is 2.69. The minimum atomic E-state index is -0.655. The van der Waals surface area contributed by atoms with E-state index in [1.165, 1.54) is 25.3 Å². The smallest absolute Gasteiger partial charge is 0.363 e. The zero-order chi connectivity index (χ0) is 18.1. The average molecular weight is 355 g/mol. The summed E-state index contributed by atoms with van der Waals surface area (Å²) in [6.07, 6.45) is 1.52. The highest BCUT2D eigenvalue weighted by atomic mass is 19.1. The minimum absolute atomic E-state index is 0.0574. The van der Waals surface area contributed by atoms with Crippen LogP contribution in [-0.4, -0.2) is 32.2 Å². The second kappa shape index (κ2) is 6.51. The summed E-state index contributed by atoms with van der Waals surface area (Å²) in [7, 11) is 1.52. The first kappa shape index (κ1) is 16.1. The molecule has 0 N–H and O–H groups in total. The van der Waals surface area contributed by atoms with Gasteiger partial charge >= 0.3 is 5.97 Å². The molecular formula is C19H14FNO5. The first-order valence-corrected chi connectivity index (χ1v) is 7.91. The fourth-order valence-electron chi connectivity index (χ4n) is 2.69. The van der Waals surface area contributed by atoms with Crippen molar-refractivity contribution in [3.63, 3.8) is 0 Å². The second-order valence-corrected chi connectivity index (χ2v) is 5.56. The Kier molecular flexibility index (Phi) is 4.04. The average Bonchev–Trinajstić information content (AvgIpc) is 3.01. The van der Waals surface area contributed by atoms with E-state index in [2.05, 4.69) is 4.99 Å². The van der Waals surface area contributed by atoms with Crippen LogP contribution in [0.1, 0.15) is 11.1 Å². The number of halogens is 1. The molecule has 0 unspecified atom stereocenters. The summed E-state index contributed by atoms with van der Waals surface area (Å²) >= 11 is 0. The number of fused-ring (bicyclic) bond motifs is 1. The molecule has 2 heterocycles. The summed E-state index contributed by atoms with van der Waals surface area (Å²) in [5, 5.41) is 0. The molecule has 0 amide bonds. The van der Waals surface area contributed by atoms with Gasteiger partial charge in [0.25, 0.3) is 0 Å². The third kappa shape index (κ3) is 2.88. The molecule has 7 heteroatoms. The number of methoxy groups -OCH3 is 1. The van der Waals surface area contributed by atoms with Crippen LogP contribution < -0.4 is 14.2 Å². The number of hydrogen-bond acceptors (Lipinski definition) is 6. The van der Waals surface area contributed by atoms with Crippen molar-refractivity contribution in [3.8, 4) is 17.2 Å². The van der Waals surface area contributed by atoms with E-state index in [1.807, 2.05) is 0 Å². The van der Waals surface area contributed by atoms with Gasteiger partial charge in [-0.05, 0) is 35.9 Å². The van der Waals surface area contributed by atoms with E-state index in [-0.39, 0.29) is 17.2 Å². The summed E-state index contributed by atoms with van der Waals surface area (Å²) in [5.41, 5.74) is 0.808. The van der Waals surface area contributed by atoms with Crippen molar-refractivity contribution in [2.24, 2.45) is 4.99 Å². The van der Waals surface area contributed by atoms with Crippen LogP contribution in [0.25, 0.3) is 6.08 Å². The second-order valence-electron chi connectivity index (χ2n) is 5.56.